The quantitative estimate of drug-likeness (QED) is 0.215. The topological polar surface area (TPSA) is 47.6 Å². The smallest absolute Gasteiger partial charge is 0.266 e. The molecule has 0 saturated heterocycles. The SMILES string of the molecule is CO/C(=N\N)SC. The van der Waals surface area contributed by atoms with Crippen molar-refractivity contribution in [3.63, 3.8) is 0 Å². The highest BCUT2D eigenvalue weighted by Crippen LogP contribution is 1.94. The van der Waals surface area contributed by atoms with Crippen molar-refractivity contribution in [1.29, 1.82) is 0 Å². The lowest BCUT2D eigenvalue weighted by atomic mass is 11.4. The summed E-state index contributed by atoms with van der Waals surface area (Å²) in [6.07, 6.45) is 1.84. The molecule has 42 valence electrons. The number of hydrazone groups is 1. The Labute approximate surface area is 46.9 Å². The van der Waals surface area contributed by atoms with Gasteiger partial charge in [-0.05, 0) is 6.26 Å². The molecule has 0 heterocycles. The number of hydrogen-bond donors (Lipinski definition) is 1. The van der Waals surface area contributed by atoms with Gasteiger partial charge < -0.3 is 10.6 Å². The van der Waals surface area contributed by atoms with Crippen molar-refractivity contribution in [2.24, 2.45) is 10.9 Å². The Balaban J connectivity index is 3.38. The fourth-order valence-electron chi connectivity index (χ4n) is 0.189. The molecule has 0 radical (unpaired) electrons. The minimum absolute atomic E-state index is 0.500. The summed E-state index contributed by atoms with van der Waals surface area (Å²) in [7, 11) is 1.53. The molecule has 0 atom stereocenters. The van der Waals surface area contributed by atoms with Gasteiger partial charge in [0.1, 0.15) is 0 Å². The van der Waals surface area contributed by atoms with E-state index in [4.69, 9.17) is 5.84 Å². The van der Waals surface area contributed by atoms with Crippen LogP contribution in [-0.2, 0) is 4.74 Å². The van der Waals surface area contributed by atoms with Gasteiger partial charge in [-0.25, -0.2) is 0 Å². The minimum Gasteiger partial charge on any atom is -0.475 e. The molecule has 0 spiro atoms. The molecule has 0 aliphatic carbocycles. The molecule has 0 aliphatic heterocycles. The minimum atomic E-state index is 0.500. The lowest BCUT2D eigenvalue weighted by Gasteiger charge is -1.94. The summed E-state index contributed by atoms with van der Waals surface area (Å²) in [4.78, 5) is 0. The van der Waals surface area contributed by atoms with Crippen LogP contribution in [0, 0.1) is 0 Å². The van der Waals surface area contributed by atoms with E-state index < -0.39 is 0 Å². The summed E-state index contributed by atoms with van der Waals surface area (Å²) in [6.45, 7) is 0. The second kappa shape index (κ2) is 3.80. The molecular formula is C3H8N2OS. The number of ether oxygens (including phenoxy) is 1. The Morgan fingerprint density at radius 3 is 2.43 bits per heavy atom. The summed E-state index contributed by atoms with van der Waals surface area (Å²) < 4.78 is 4.64. The zero-order valence-corrected chi connectivity index (χ0v) is 5.16. The first kappa shape index (κ1) is 6.62. The molecule has 7 heavy (non-hydrogen) atoms. The normalized spacial score (nSPS) is 11.4. The number of nitrogens with zero attached hydrogens (tertiary/aromatic N) is 1. The summed E-state index contributed by atoms with van der Waals surface area (Å²) in [5, 5.41) is 3.78. The van der Waals surface area contributed by atoms with Gasteiger partial charge in [0.05, 0.1) is 7.11 Å². The standard InChI is InChI=1S/C3H8N2OS/c1-6-3(5-4)7-2/h4H2,1-2H3/b5-3+. The second-order valence-electron chi connectivity index (χ2n) is 0.803. The van der Waals surface area contributed by atoms with Crippen molar-refractivity contribution in [3.05, 3.63) is 0 Å². The van der Waals surface area contributed by atoms with Gasteiger partial charge >= 0.3 is 0 Å². The van der Waals surface area contributed by atoms with E-state index in [1.54, 1.807) is 0 Å². The average Bonchev–Trinajstić information content (AvgIpc) is 1.72. The van der Waals surface area contributed by atoms with Crippen molar-refractivity contribution in [2.45, 2.75) is 0 Å². The van der Waals surface area contributed by atoms with Crippen LogP contribution in [0.25, 0.3) is 0 Å². The van der Waals surface area contributed by atoms with Crippen LogP contribution in [0.2, 0.25) is 0 Å². The summed E-state index contributed by atoms with van der Waals surface area (Å²) in [6, 6.07) is 0. The largest absolute Gasteiger partial charge is 0.475 e. The van der Waals surface area contributed by atoms with E-state index in [0.29, 0.717) is 5.23 Å². The fourth-order valence-corrected chi connectivity index (χ4v) is 0.461. The number of thioether (sulfide) groups is 1. The van der Waals surface area contributed by atoms with E-state index in [9.17, 15) is 0 Å². The molecule has 3 nitrogen and oxygen atoms in total. The Kier molecular flexibility index (Phi) is 3.59. The highest BCUT2D eigenvalue weighted by molar-refractivity contribution is 8.12. The summed E-state index contributed by atoms with van der Waals surface area (Å²) in [5.41, 5.74) is 0. The number of rotatable bonds is 0. The summed E-state index contributed by atoms with van der Waals surface area (Å²) in [5.74, 6) is 4.84. The first-order valence-corrected chi connectivity index (χ1v) is 2.93. The van der Waals surface area contributed by atoms with Gasteiger partial charge in [-0.2, -0.15) is 0 Å². The maximum absolute atomic E-state index is 4.84. The molecule has 2 N–H and O–H groups in total. The molecule has 0 aromatic heterocycles. The van der Waals surface area contributed by atoms with Crippen molar-refractivity contribution >= 4 is 17.0 Å². The molecule has 0 saturated carbocycles. The summed E-state index contributed by atoms with van der Waals surface area (Å²) >= 11 is 1.37. The first-order chi connectivity index (χ1) is 3.35. The number of methoxy groups -OCH3 is 1. The van der Waals surface area contributed by atoms with Crippen LogP contribution in [0.4, 0.5) is 0 Å². The molecule has 0 rings (SSSR count). The predicted octanol–water partition coefficient (Wildman–Crippen LogP) is 0.226. The molecule has 0 amide bonds. The van der Waals surface area contributed by atoms with Gasteiger partial charge in [-0.1, -0.05) is 11.8 Å². The van der Waals surface area contributed by atoms with Gasteiger partial charge in [0.2, 0.25) is 0 Å². The highest BCUT2D eigenvalue weighted by Gasteiger charge is 1.87. The Hall–Kier alpha value is -0.380. The van der Waals surface area contributed by atoms with Gasteiger partial charge in [0, 0.05) is 0 Å². The van der Waals surface area contributed by atoms with Crippen LogP contribution in [0.1, 0.15) is 0 Å². The van der Waals surface area contributed by atoms with Crippen LogP contribution in [0.15, 0.2) is 5.10 Å². The first-order valence-electron chi connectivity index (χ1n) is 1.71. The third-order valence-corrected chi connectivity index (χ3v) is 1.08. The van der Waals surface area contributed by atoms with E-state index in [1.807, 2.05) is 6.26 Å². The lowest BCUT2D eigenvalue weighted by Crippen LogP contribution is -1.97. The maximum Gasteiger partial charge on any atom is 0.266 e. The molecular weight excluding hydrogens is 112 g/mol. The Morgan fingerprint density at radius 1 is 1.86 bits per heavy atom. The zero-order chi connectivity index (χ0) is 5.70. The molecule has 0 fully saturated rings. The van der Waals surface area contributed by atoms with Crippen molar-refractivity contribution in [1.82, 2.24) is 0 Å². The third-order valence-electron chi connectivity index (χ3n) is 0.455. The molecule has 0 aromatic rings. The number of nitrogens with two attached hydrogens (primary N) is 1. The Bertz CT molecular complexity index is 67.3. The van der Waals surface area contributed by atoms with E-state index in [0.717, 1.165) is 0 Å². The van der Waals surface area contributed by atoms with Gasteiger partial charge in [0.25, 0.3) is 5.23 Å². The third kappa shape index (κ3) is 2.33. The molecule has 0 unspecified atom stereocenters. The maximum atomic E-state index is 4.84. The van der Waals surface area contributed by atoms with E-state index in [-0.39, 0.29) is 0 Å². The van der Waals surface area contributed by atoms with Crippen LogP contribution >= 0.6 is 11.8 Å². The van der Waals surface area contributed by atoms with Crippen LogP contribution in [-0.4, -0.2) is 18.6 Å². The molecule has 0 bridgehead atoms. The molecule has 0 aromatic carbocycles. The van der Waals surface area contributed by atoms with E-state index >= 15 is 0 Å². The van der Waals surface area contributed by atoms with E-state index in [2.05, 4.69) is 9.84 Å². The monoisotopic (exact) mass is 120 g/mol. The fraction of sp³-hybridized carbons (Fsp3) is 0.667. The molecule has 0 aliphatic rings. The van der Waals surface area contributed by atoms with Crippen molar-refractivity contribution in [3.8, 4) is 0 Å². The van der Waals surface area contributed by atoms with Gasteiger partial charge in [-0.15, -0.1) is 5.10 Å². The van der Waals surface area contributed by atoms with E-state index in [1.165, 1.54) is 18.9 Å². The number of hydrogen-bond acceptors (Lipinski definition) is 4. The van der Waals surface area contributed by atoms with Crippen molar-refractivity contribution in [2.75, 3.05) is 13.4 Å². The Morgan fingerprint density at radius 2 is 2.43 bits per heavy atom. The van der Waals surface area contributed by atoms with Crippen LogP contribution in [0.5, 0.6) is 0 Å². The van der Waals surface area contributed by atoms with Crippen LogP contribution < -0.4 is 5.84 Å². The highest BCUT2D eigenvalue weighted by atomic mass is 32.2. The average molecular weight is 120 g/mol. The van der Waals surface area contributed by atoms with Crippen LogP contribution in [0.3, 0.4) is 0 Å². The van der Waals surface area contributed by atoms with Crippen molar-refractivity contribution < 1.29 is 4.74 Å². The second-order valence-corrected chi connectivity index (χ2v) is 1.56. The van der Waals surface area contributed by atoms with Gasteiger partial charge in [0.15, 0.2) is 0 Å². The predicted molar refractivity (Wildman–Crippen MR) is 32.1 cm³/mol. The van der Waals surface area contributed by atoms with Gasteiger partial charge in [-0.3, -0.25) is 0 Å². The molecule has 4 heteroatoms. The zero-order valence-electron chi connectivity index (χ0n) is 4.34. The lowest BCUT2D eigenvalue weighted by molar-refractivity contribution is 0.414.